The van der Waals surface area contributed by atoms with Crippen LogP contribution in [0, 0.1) is 0 Å². The molecule has 0 aromatic heterocycles. The Morgan fingerprint density at radius 2 is 2.21 bits per heavy atom. The molecule has 0 aliphatic carbocycles. The molecule has 0 fully saturated rings. The SMILES string of the molecule is CC(C)(C)OC(=O)NCCCNCC1CCC=CO1. The van der Waals surface area contributed by atoms with Gasteiger partial charge in [0.15, 0.2) is 0 Å². The van der Waals surface area contributed by atoms with Gasteiger partial charge in [-0.1, -0.05) is 0 Å². The zero-order chi connectivity index (χ0) is 14.1. The van der Waals surface area contributed by atoms with Gasteiger partial charge >= 0.3 is 6.09 Å². The number of alkyl carbamates (subject to hydrolysis) is 1. The first-order valence-corrected chi connectivity index (χ1v) is 6.95. The maximum absolute atomic E-state index is 11.4. The van der Waals surface area contributed by atoms with Crippen molar-refractivity contribution in [1.29, 1.82) is 0 Å². The zero-order valence-electron chi connectivity index (χ0n) is 12.2. The molecular weight excluding hydrogens is 244 g/mol. The molecule has 1 aliphatic rings. The van der Waals surface area contributed by atoms with Crippen molar-refractivity contribution >= 4 is 6.09 Å². The Balaban J connectivity index is 1.93. The van der Waals surface area contributed by atoms with Crippen molar-refractivity contribution < 1.29 is 14.3 Å². The van der Waals surface area contributed by atoms with Gasteiger partial charge in [0.1, 0.15) is 11.7 Å². The average Bonchev–Trinajstić information content (AvgIpc) is 2.32. The molecule has 0 saturated carbocycles. The van der Waals surface area contributed by atoms with E-state index < -0.39 is 5.60 Å². The van der Waals surface area contributed by atoms with E-state index >= 15 is 0 Å². The molecule has 1 rings (SSSR count). The van der Waals surface area contributed by atoms with E-state index in [-0.39, 0.29) is 12.2 Å². The number of hydrogen-bond acceptors (Lipinski definition) is 4. The van der Waals surface area contributed by atoms with E-state index in [9.17, 15) is 4.79 Å². The molecule has 19 heavy (non-hydrogen) atoms. The van der Waals surface area contributed by atoms with Crippen molar-refractivity contribution in [3.05, 3.63) is 12.3 Å². The first-order chi connectivity index (χ1) is 8.97. The molecule has 1 aliphatic heterocycles. The summed E-state index contributed by atoms with van der Waals surface area (Å²) in [6, 6.07) is 0. The molecule has 1 amide bonds. The highest BCUT2D eigenvalue weighted by Gasteiger charge is 2.15. The smallest absolute Gasteiger partial charge is 0.407 e. The number of ether oxygens (including phenoxy) is 2. The summed E-state index contributed by atoms with van der Waals surface area (Å²) in [4.78, 5) is 11.4. The number of allylic oxidation sites excluding steroid dienone is 1. The number of amides is 1. The molecule has 0 aromatic carbocycles. The van der Waals surface area contributed by atoms with Crippen LogP contribution >= 0.6 is 0 Å². The normalized spacial score (nSPS) is 18.8. The summed E-state index contributed by atoms with van der Waals surface area (Å²) >= 11 is 0. The number of rotatable bonds is 6. The van der Waals surface area contributed by atoms with Crippen LogP contribution in [0.15, 0.2) is 12.3 Å². The van der Waals surface area contributed by atoms with Gasteiger partial charge in [-0.2, -0.15) is 0 Å². The number of carbonyl (C=O) groups excluding carboxylic acids is 1. The van der Waals surface area contributed by atoms with Crippen molar-refractivity contribution in [2.45, 2.75) is 51.7 Å². The minimum Gasteiger partial charge on any atom is -0.497 e. The van der Waals surface area contributed by atoms with E-state index in [2.05, 4.69) is 10.6 Å². The number of hydrogen-bond donors (Lipinski definition) is 2. The minimum absolute atomic E-state index is 0.281. The summed E-state index contributed by atoms with van der Waals surface area (Å²) in [5.74, 6) is 0. The quantitative estimate of drug-likeness (QED) is 0.726. The average molecular weight is 270 g/mol. The molecular formula is C14H26N2O3. The molecule has 1 heterocycles. The third-order valence-corrected chi connectivity index (χ3v) is 2.59. The maximum Gasteiger partial charge on any atom is 0.407 e. The summed E-state index contributed by atoms with van der Waals surface area (Å²) in [6.07, 6.45) is 6.78. The molecule has 5 heteroatoms. The summed E-state index contributed by atoms with van der Waals surface area (Å²) in [5, 5.41) is 6.06. The molecule has 0 aromatic rings. The van der Waals surface area contributed by atoms with Crippen LogP contribution < -0.4 is 10.6 Å². The summed E-state index contributed by atoms with van der Waals surface area (Å²) in [7, 11) is 0. The molecule has 0 spiro atoms. The Morgan fingerprint density at radius 3 is 2.84 bits per heavy atom. The Hall–Kier alpha value is -1.23. The van der Waals surface area contributed by atoms with E-state index in [4.69, 9.17) is 9.47 Å². The second kappa shape index (κ2) is 8.04. The summed E-state index contributed by atoms with van der Waals surface area (Å²) in [5.41, 5.74) is -0.436. The fourth-order valence-corrected chi connectivity index (χ4v) is 1.72. The van der Waals surface area contributed by atoms with Gasteiger partial charge < -0.3 is 20.1 Å². The van der Waals surface area contributed by atoms with E-state index in [1.165, 1.54) is 0 Å². The van der Waals surface area contributed by atoms with Gasteiger partial charge in [-0.3, -0.25) is 0 Å². The van der Waals surface area contributed by atoms with Crippen molar-refractivity contribution in [1.82, 2.24) is 10.6 Å². The molecule has 0 bridgehead atoms. The lowest BCUT2D eigenvalue weighted by molar-refractivity contribution is 0.0527. The van der Waals surface area contributed by atoms with Crippen molar-refractivity contribution in [3.8, 4) is 0 Å². The Bertz CT molecular complexity index is 298. The van der Waals surface area contributed by atoms with Crippen LogP contribution in [0.5, 0.6) is 0 Å². The third-order valence-electron chi connectivity index (χ3n) is 2.59. The van der Waals surface area contributed by atoms with Crippen LogP contribution in [0.2, 0.25) is 0 Å². The maximum atomic E-state index is 11.4. The minimum atomic E-state index is -0.436. The molecule has 1 unspecified atom stereocenters. The molecule has 0 saturated heterocycles. The fourth-order valence-electron chi connectivity index (χ4n) is 1.72. The predicted octanol–water partition coefficient (Wildman–Crippen LogP) is 2.18. The van der Waals surface area contributed by atoms with Gasteiger partial charge in [0.2, 0.25) is 0 Å². The molecule has 1 atom stereocenters. The first-order valence-electron chi connectivity index (χ1n) is 6.95. The predicted molar refractivity (Wildman–Crippen MR) is 75.0 cm³/mol. The van der Waals surface area contributed by atoms with Gasteiger partial charge in [0, 0.05) is 13.1 Å². The van der Waals surface area contributed by atoms with Gasteiger partial charge in [-0.25, -0.2) is 4.79 Å². The van der Waals surface area contributed by atoms with E-state index in [1.807, 2.05) is 26.8 Å². The van der Waals surface area contributed by atoms with Gasteiger partial charge in [-0.15, -0.1) is 0 Å². The van der Waals surface area contributed by atoms with Crippen LogP contribution in [-0.4, -0.2) is 37.4 Å². The second-order valence-corrected chi connectivity index (χ2v) is 5.69. The monoisotopic (exact) mass is 270 g/mol. The van der Waals surface area contributed by atoms with Crippen LogP contribution in [0.25, 0.3) is 0 Å². The van der Waals surface area contributed by atoms with Gasteiger partial charge in [0.05, 0.1) is 6.26 Å². The number of carbonyl (C=O) groups is 1. The van der Waals surface area contributed by atoms with Gasteiger partial charge in [0.25, 0.3) is 0 Å². The van der Waals surface area contributed by atoms with Crippen LogP contribution in [0.3, 0.4) is 0 Å². The third kappa shape index (κ3) is 8.48. The van der Waals surface area contributed by atoms with Crippen molar-refractivity contribution in [2.24, 2.45) is 0 Å². The zero-order valence-corrected chi connectivity index (χ0v) is 12.2. The lowest BCUT2D eigenvalue weighted by atomic mass is 10.1. The van der Waals surface area contributed by atoms with Crippen molar-refractivity contribution in [2.75, 3.05) is 19.6 Å². The lowest BCUT2D eigenvalue weighted by Gasteiger charge is -2.20. The standard InChI is InChI=1S/C14H26N2O3/c1-14(2,3)19-13(17)16-9-6-8-15-11-12-7-4-5-10-18-12/h5,10,12,15H,4,6-9,11H2,1-3H3,(H,16,17). The second-order valence-electron chi connectivity index (χ2n) is 5.69. The van der Waals surface area contributed by atoms with E-state index in [0.717, 1.165) is 32.4 Å². The molecule has 0 radical (unpaired) electrons. The molecule has 110 valence electrons. The number of nitrogens with one attached hydrogen (secondary N) is 2. The van der Waals surface area contributed by atoms with E-state index in [1.54, 1.807) is 6.26 Å². The lowest BCUT2D eigenvalue weighted by Crippen LogP contribution is -2.35. The highest BCUT2D eigenvalue weighted by atomic mass is 16.6. The van der Waals surface area contributed by atoms with Crippen LogP contribution in [0.4, 0.5) is 4.79 Å². The van der Waals surface area contributed by atoms with Crippen molar-refractivity contribution in [3.63, 3.8) is 0 Å². The van der Waals surface area contributed by atoms with Crippen LogP contribution in [0.1, 0.15) is 40.0 Å². The van der Waals surface area contributed by atoms with E-state index in [0.29, 0.717) is 6.54 Å². The topological polar surface area (TPSA) is 59.6 Å². The molecule has 5 nitrogen and oxygen atoms in total. The fraction of sp³-hybridized carbons (Fsp3) is 0.786. The Kier molecular flexibility index (Phi) is 6.70. The molecule has 2 N–H and O–H groups in total. The first kappa shape index (κ1) is 15.8. The Morgan fingerprint density at radius 1 is 1.42 bits per heavy atom. The van der Waals surface area contributed by atoms with Crippen LogP contribution in [-0.2, 0) is 9.47 Å². The Labute approximate surface area is 115 Å². The largest absolute Gasteiger partial charge is 0.497 e. The summed E-state index contributed by atoms with van der Waals surface area (Å²) in [6.45, 7) is 7.90. The summed E-state index contributed by atoms with van der Waals surface area (Å²) < 4.78 is 10.6. The van der Waals surface area contributed by atoms with Gasteiger partial charge in [-0.05, 0) is 52.7 Å². The highest BCUT2D eigenvalue weighted by molar-refractivity contribution is 5.67. The highest BCUT2D eigenvalue weighted by Crippen LogP contribution is 2.08.